The number of aromatic nitrogens is 4. The molecule has 5 rings (SSSR count). The van der Waals surface area contributed by atoms with Crippen molar-refractivity contribution in [2.45, 2.75) is 12.7 Å². The number of imidazole rings is 1. The summed E-state index contributed by atoms with van der Waals surface area (Å²) < 4.78 is 11.4. The highest BCUT2D eigenvalue weighted by molar-refractivity contribution is 6.32. The monoisotopic (exact) mass is 468 g/mol. The van der Waals surface area contributed by atoms with Crippen molar-refractivity contribution in [3.8, 4) is 11.5 Å². The number of fused-ring (bicyclic) bond motifs is 2. The van der Waals surface area contributed by atoms with Crippen LogP contribution in [0.15, 0.2) is 54.9 Å². The van der Waals surface area contributed by atoms with Crippen molar-refractivity contribution in [2.75, 3.05) is 7.11 Å². The number of rotatable bonds is 6. The molecule has 0 saturated carbocycles. The van der Waals surface area contributed by atoms with Gasteiger partial charge in [0, 0.05) is 35.0 Å². The molecule has 0 fully saturated rings. The lowest BCUT2D eigenvalue weighted by Gasteiger charge is -2.17. The molecule has 5 aromatic rings. The second-order valence-corrected chi connectivity index (χ2v) is 8.05. The second-order valence-electron chi connectivity index (χ2n) is 7.21. The summed E-state index contributed by atoms with van der Waals surface area (Å²) in [7, 11) is 1.53. The largest absolute Gasteiger partial charge is 0.493 e. The number of para-hydroxylation sites is 2. The third-order valence-electron chi connectivity index (χ3n) is 5.20. The molecule has 0 aliphatic rings. The minimum absolute atomic E-state index is 0.204. The van der Waals surface area contributed by atoms with E-state index in [1.807, 2.05) is 24.3 Å². The van der Waals surface area contributed by atoms with Crippen LogP contribution in [0.4, 0.5) is 0 Å². The molecule has 0 saturated heterocycles. The van der Waals surface area contributed by atoms with Crippen LogP contribution >= 0.6 is 23.2 Å². The lowest BCUT2D eigenvalue weighted by Crippen LogP contribution is -2.04. The molecule has 0 aliphatic carbocycles. The lowest BCUT2D eigenvalue weighted by atomic mass is 10.0. The van der Waals surface area contributed by atoms with E-state index in [4.69, 9.17) is 32.7 Å². The molecule has 3 heterocycles. The Hall–Kier alpha value is -3.26. The van der Waals surface area contributed by atoms with Crippen molar-refractivity contribution in [3.63, 3.8) is 0 Å². The summed E-state index contributed by atoms with van der Waals surface area (Å²) in [6.07, 6.45) is 2.21. The molecule has 0 bridgehead atoms. The van der Waals surface area contributed by atoms with E-state index in [0.29, 0.717) is 49.5 Å². The Bertz CT molecular complexity index is 1400. The van der Waals surface area contributed by atoms with Crippen molar-refractivity contribution < 1.29 is 14.6 Å². The lowest BCUT2D eigenvalue weighted by molar-refractivity contribution is 0.220. The first-order chi connectivity index (χ1) is 15.5. The third-order valence-corrected chi connectivity index (χ3v) is 5.74. The molecule has 162 valence electrons. The molecule has 0 amide bonds. The summed E-state index contributed by atoms with van der Waals surface area (Å²) in [6, 6.07) is 12.8. The van der Waals surface area contributed by atoms with Gasteiger partial charge in [-0.2, -0.15) is 0 Å². The molecule has 2 aromatic carbocycles. The Labute approximate surface area is 192 Å². The summed E-state index contributed by atoms with van der Waals surface area (Å²) >= 11 is 12.6. The number of aliphatic hydroxyl groups excluding tert-OH is 1. The fraction of sp³-hybridized carbons (Fsp3) is 0.130. The van der Waals surface area contributed by atoms with Gasteiger partial charge in [0.1, 0.15) is 24.2 Å². The SMILES string of the molecule is COc1cc(C(O)c2c[nH]c3ncc(Cl)cc23)c(Cl)cc1OCc1nc2ccccc2[nH]1. The van der Waals surface area contributed by atoms with Crippen molar-refractivity contribution >= 4 is 45.3 Å². The van der Waals surface area contributed by atoms with Gasteiger partial charge in [0.15, 0.2) is 11.5 Å². The highest BCUT2D eigenvalue weighted by Gasteiger charge is 2.21. The molecule has 1 unspecified atom stereocenters. The zero-order chi connectivity index (χ0) is 22.2. The number of ether oxygens (including phenoxy) is 2. The summed E-state index contributed by atoms with van der Waals surface area (Å²) in [4.78, 5) is 15.0. The quantitative estimate of drug-likeness (QED) is 0.309. The molecule has 32 heavy (non-hydrogen) atoms. The highest BCUT2D eigenvalue weighted by Crippen LogP contribution is 2.39. The zero-order valence-corrected chi connectivity index (χ0v) is 18.4. The number of H-pyrrole nitrogens is 2. The van der Waals surface area contributed by atoms with Crippen LogP contribution in [-0.4, -0.2) is 32.2 Å². The first-order valence-corrected chi connectivity index (χ1v) is 10.5. The first-order valence-electron chi connectivity index (χ1n) is 9.78. The molecule has 0 aliphatic heterocycles. The van der Waals surface area contributed by atoms with Gasteiger partial charge in [-0.25, -0.2) is 9.97 Å². The molecular weight excluding hydrogens is 451 g/mol. The van der Waals surface area contributed by atoms with Crippen molar-refractivity contribution in [1.82, 2.24) is 19.9 Å². The number of nitrogens with one attached hydrogen (secondary N) is 2. The standard InChI is InChI=1S/C23H18Cl2N4O3/c1-31-19-7-14(22(30)15-10-27-23-13(15)6-12(24)9-26-23)16(25)8-20(19)32-11-21-28-17-4-2-3-5-18(17)29-21/h2-10,22,30H,11H2,1H3,(H,26,27)(H,28,29). The van der Waals surface area contributed by atoms with E-state index < -0.39 is 6.10 Å². The maximum absolute atomic E-state index is 11.1. The van der Waals surface area contributed by atoms with Crippen LogP contribution < -0.4 is 9.47 Å². The molecular formula is C23H18Cl2N4O3. The number of aliphatic hydroxyl groups is 1. The summed E-state index contributed by atoms with van der Waals surface area (Å²) in [5.41, 5.74) is 3.50. The van der Waals surface area contributed by atoms with E-state index in [1.54, 1.807) is 30.6 Å². The number of halogens is 2. The van der Waals surface area contributed by atoms with Gasteiger partial charge in [-0.15, -0.1) is 0 Å². The van der Waals surface area contributed by atoms with Crippen molar-refractivity contribution in [1.29, 1.82) is 0 Å². The molecule has 0 spiro atoms. The Morgan fingerprint density at radius 3 is 2.75 bits per heavy atom. The van der Waals surface area contributed by atoms with E-state index >= 15 is 0 Å². The van der Waals surface area contributed by atoms with Crippen molar-refractivity contribution in [2.24, 2.45) is 0 Å². The third kappa shape index (κ3) is 3.75. The number of benzene rings is 2. The maximum Gasteiger partial charge on any atom is 0.163 e. The van der Waals surface area contributed by atoms with E-state index in [2.05, 4.69) is 19.9 Å². The van der Waals surface area contributed by atoms with E-state index in [9.17, 15) is 5.11 Å². The number of hydrogen-bond donors (Lipinski definition) is 3. The Kier molecular flexibility index (Phi) is 5.38. The van der Waals surface area contributed by atoms with Crippen LogP contribution in [0.3, 0.4) is 0 Å². The van der Waals surface area contributed by atoms with E-state index in [0.717, 1.165) is 11.0 Å². The van der Waals surface area contributed by atoms with Gasteiger partial charge in [-0.3, -0.25) is 0 Å². The van der Waals surface area contributed by atoms with Crippen molar-refractivity contribution in [3.05, 3.63) is 81.9 Å². The van der Waals surface area contributed by atoms with Crippen LogP contribution in [0.5, 0.6) is 11.5 Å². The van der Waals surface area contributed by atoms with Gasteiger partial charge in [0.05, 0.1) is 28.2 Å². The topological polar surface area (TPSA) is 96.1 Å². The number of pyridine rings is 1. The minimum Gasteiger partial charge on any atom is -0.493 e. The molecule has 1 atom stereocenters. The van der Waals surface area contributed by atoms with E-state index in [-0.39, 0.29) is 6.61 Å². The van der Waals surface area contributed by atoms with E-state index in [1.165, 1.54) is 7.11 Å². The highest BCUT2D eigenvalue weighted by atomic mass is 35.5. The van der Waals surface area contributed by atoms with Gasteiger partial charge in [0.2, 0.25) is 0 Å². The van der Waals surface area contributed by atoms with Gasteiger partial charge >= 0.3 is 0 Å². The fourth-order valence-electron chi connectivity index (χ4n) is 3.64. The smallest absolute Gasteiger partial charge is 0.163 e. The van der Waals surface area contributed by atoms with Gasteiger partial charge in [0.25, 0.3) is 0 Å². The zero-order valence-electron chi connectivity index (χ0n) is 16.9. The predicted octanol–water partition coefficient (Wildman–Crippen LogP) is 5.42. The Balaban J connectivity index is 1.44. The average molecular weight is 469 g/mol. The van der Waals surface area contributed by atoms with Gasteiger partial charge < -0.3 is 24.5 Å². The second kappa shape index (κ2) is 8.35. The maximum atomic E-state index is 11.1. The first kappa shape index (κ1) is 20.6. The Morgan fingerprint density at radius 1 is 1.09 bits per heavy atom. The average Bonchev–Trinajstić information content (AvgIpc) is 3.40. The Morgan fingerprint density at radius 2 is 1.94 bits per heavy atom. The number of hydrogen-bond acceptors (Lipinski definition) is 5. The van der Waals surface area contributed by atoms with Crippen LogP contribution in [0, 0.1) is 0 Å². The van der Waals surface area contributed by atoms with Crippen LogP contribution in [0.1, 0.15) is 23.1 Å². The van der Waals surface area contributed by atoms with Gasteiger partial charge in [-0.1, -0.05) is 35.3 Å². The molecule has 3 aromatic heterocycles. The minimum atomic E-state index is -1.02. The normalized spacial score (nSPS) is 12.4. The summed E-state index contributed by atoms with van der Waals surface area (Å²) in [5, 5.41) is 12.6. The number of nitrogens with zero attached hydrogens (tertiary/aromatic N) is 2. The summed E-state index contributed by atoms with van der Waals surface area (Å²) in [5.74, 6) is 1.56. The molecule has 3 N–H and O–H groups in total. The van der Waals surface area contributed by atoms with Crippen LogP contribution in [-0.2, 0) is 6.61 Å². The molecule has 9 heteroatoms. The summed E-state index contributed by atoms with van der Waals surface area (Å²) in [6.45, 7) is 0.204. The number of methoxy groups -OCH3 is 1. The fourth-order valence-corrected chi connectivity index (χ4v) is 4.06. The van der Waals surface area contributed by atoms with Crippen LogP contribution in [0.2, 0.25) is 10.0 Å². The molecule has 0 radical (unpaired) electrons. The van der Waals surface area contributed by atoms with Crippen LogP contribution in [0.25, 0.3) is 22.1 Å². The predicted molar refractivity (Wildman–Crippen MR) is 124 cm³/mol. The van der Waals surface area contributed by atoms with Gasteiger partial charge in [-0.05, 0) is 24.3 Å². The number of aromatic amines is 2. The molecule has 7 nitrogen and oxygen atoms in total.